The minimum Gasteiger partial charge on any atom is -0.453 e. The highest BCUT2D eigenvalue weighted by molar-refractivity contribution is 5.67. The number of likely N-dealkylation sites (tertiary alicyclic amines) is 1. The number of rotatable bonds is 3. The first kappa shape index (κ1) is 14.9. The summed E-state index contributed by atoms with van der Waals surface area (Å²) in [6.45, 7) is 6.70. The fourth-order valence-electron chi connectivity index (χ4n) is 2.83. The maximum Gasteiger partial charge on any atom is 0.409 e. The van der Waals surface area contributed by atoms with Crippen LogP contribution in [0.2, 0.25) is 0 Å². The number of nitrogens with zero attached hydrogens (tertiary/aromatic N) is 1. The van der Waals surface area contributed by atoms with Gasteiger partial charge in [0.05, 0.1) is 7.11 Å². The first-order valence-electron chi connectivity index (χ1n) is 7.22. The molecule has 20 heavy (non-hydrogen) atoms. The van der Waals surface area contributed by atoms with E-state index in [-0.39, 0.29) is 6.09 Å². The Labute approximate surface area is 121 Å². The Balaban J connectivity index is 1.80. The van der Waals surface area contributed by atoms with Gasteiger partial charge in [-0.2, -0.15) is 0 Å². The average Bonchev–Trinajstić information content (AvgIpc) is 2.44. The number of hydrogen-bond donors (Lipinski definition) is 1. The van der Waals surface area contributed by atoms with Gasteiger partial charge >= 0.3 is 6.09 Å². The van der Waals surface area contributed by atoms with Crippen LogP contribution in [0.15, 0.2) is 18.2 Å². The molecule has 4 nitrogen and oxygen atoms in total. The third-order valence-corrected chi connectivity index (χ3v) is 3.80. The van der Waals surface area contributed by atoms with Gasteiger partial charge in [0, 0.05) is 25.7 Å². The number of carbonyl (C=O) groups excluding carboxylic acids is 1. The first-order chi connectivity index (χ1) is 9.58. The zero-order valence-corrected chi connectivity index (χ0v) is 12.6. The Morgan fingerprint density at radius 1 is 1.25 bits per heavy atom. The molecule has 1 N–H and O–H groups in total. The maximum absolute atomic E-state index is 11.4. The summed E-state index contributed by atoms with van der Waals surface area (Å²) in [5.74, 6) is 0. The number of amides is 1. The second-order valence-electron chi connectivity index (χ2n) is 5.61. The number of ether oxygens (including phenoxy) is 1. The number of nitrogens with one attached hydrogen (secondary N) is 1. The van der Waals surface area contributed by atoms with Crippen molar-refractivity contribution in [1.82, 2.24) is 10.2 Å². The molecule has 1 aliphatic rings. The van der Waals surface area contributed by atoms with Crippen molar-refractivity contribution in [2.24, 2.45) is 0 Å². The van der Waals surface area contributed by atoms with Crippen molar-refractivity contribution in [2.45, 2.75) is 39.3 Å². The van der Waals surface area contributed by atoms with Crippen molar-refractivity contribution in [3.63, 3.8) is 0 Å². The van der Waals surface area contributed by atoms with E-state index in [0.717, 1.165) is 32.5 Å². The van der Waals surface area contributed by atoms with Gasteiger partial charge in [-0.3, -0.25) is 0 Å². The van der Waals surface area contributed by atoms with Gasteiger partial charge < -0.3 is 15.0 Å². The van der Waals surface area contributed by atoms with E-state index < -0.39 is 0 Å². The van der Waals surface area contributed by atoms with Gasteiger partial charge in [-0.05, 0) is 32.3 Å². The first-order valence-corrected chi connectivity index (χ1v) is 7.22. The van der Waals surface area contributed by atoms with E-state index in [9.17, 15) is 4.79 Å². The number of hydrogen-bond acceptors (Lipinski definition) is 3. The fourth-order valence-corrected chi connectivity index (χ4v) is 2.83. The number of carbonyl (C=O) groups is 1. The molecular formula is C16H24N2O2. The Morgan fingerprint density at radius 3 is 2.40 bits per heavy atom. The molecule has 1 saturated heterocycles. The van der Waals surface area contributed by atoms with Crippen LogP contribution in [-0.4, -0.2) is 37.2 Å². The van der Waals surface area contributed by atoms with Crippen molar-refractivity contribution >= 4 is 6.09 Å². The molecule has 0 aromatic heterocycles. The summed E-state index contributed by atoms with van der Waals surface area (Å²) < 4.78 is 4.75. The molecule has 0 radical (unpaired) electrons. The molecule has 1 fully saturated rings. The number of methoxy groups -OCH3 is 1. The van der Waals surface area contributed by atoms with Gasteiger partial charge in [0.25, 0.3) is 0 Å². The van der Waals surface area contributed by atoms with Crippen LogP contribution >= 0.6 is 0 Å². The van der Waals surface area contributed by atoms with Gasteiger partial charge in [-0.1, -0.05) is 29.3 Å². The number of aryl methyl sites for hydroxylation is 2. The molecule has 1 aromatic carbocycles. The van der Waals surface area contributed by atoms with Crippen LogP contribution in [0.5, 0.6) is 0 Å². The van der Waals surface area contributed by atoms with Crippen molar-refractivity contribution in [1.29, 1.82) is 0 Å². The predicted octanol–water partition coefficient (Wildman–Crippen LogP) is 2.62. The molecule has 2 rings (SSSR count). The lowest BCUT2D eigenvalue weighted by Crippen LogP contribution is -2.44. The van der Waals surface area contributed by atoms with E-state index in [1.165, 1.54) is 23.8 Å². The summed E-state index contributed by atoms with van der Waals surface area (Å²) in [6.07, 6.45) is 1.76. The topological polar surface area (TPSA) is 41.6 Å². The monoisotopic (exact) mass is 276 g/mol. The predicted molar refractivity (Wildman–Crippen MR) is 79.8 cm³/mol. The SMILES string of the molecule is COC(=O)N1CCC(NCc2cc(C)cc(C)c2)CC1. The molecule has 1 amide bonds. The van der Waals surface area contributed by atoms with E-state index in [4.69, 9.17) is 4.74 Å². The summed E-state index contributed by atoms with van der Waals surface area (Å²) in [4.78, 5) is 13.2. The van der Waals surface area contributed by atoms with Crippen molar-refractivity contribution in [2.75, 3.05) is 20.2 Å². The molecule has 0 saturated carbocycles. The molecule has 1 aromatic rings. The molecular weight excluding hydrogens is 252 g/mol. The van der Waals surface area contributed by atoms with Crippen molar-refractivity contribution < 1.29 is 9.53 Å². The molecule has 0 aliphatic carbocycles. The lowest BCUT2D eigenvalue weighted by molar-refractivity contribution is 0.109. The van der Waals surface area contributed by atoms with Crippen LogP contribution < -0.4 is 5.32 Å². The summed E-state index contributed by atoms with van der Waals surface area (Å²) >= 11 is 0. The largest absolute Gasteiger partial charge is 0.453 e. The molecule has 0 atom stereocenters. The van der Waals surface area contributed by atoms with Crippen molar-refractivity contribution in [3.8, 4) is 0 Å². The highest BCUT2D eigenvalue weighted by Crippen LogP contribution is 2.13. The van der Waals surface area contributed by atoms with Gasteiger partial charge in [0.2, 0.25) is 0 Å². The molecule has 110 valence electrons. The highest BCUT2D eigenvalue weighted by atomic mass is 16.5. The normalized spacial score (nSPS) is 16.2. The van der Waals surface area contributed by atoms with Crippen LogP contribution in [-0.2, 0) is 11.3 Å². The lowest BCUT2D eigenvalue weighted by Gasteiger charge is -2.31. The third kappa shape index (κ3) is 3.97. The van der Waals surface area contributed by atoms with Crippen LogP contribution in [0.4, 0.5) is 4.79 Å². The van der Waals surface area contributed by atoms with E-state index in [1.54, 1.807) is 4.90 Å². The van der Waals surface area contributed by atoms with Gasteiger partial charge in [-0.15, -0.1) is 0 Å². The highest BCUT2D eigenvalue weighted by Gasteiger charge is 2.22. The van der Waals surface area contributed by atoms with Gasteiger partial charge in [0.15, 0.2) is 0 Å². The molecule has 0 spiro atoms. The molecule has 0 bridgehead atoms. The quantitative estimate of drug-likeness (QED) is 0.922. The molecule has 4 heteroatoms. The third-order valence-electron chi connectivity index (χ3n) is 3.80. The van der Waals surface area contributed by atoms with Crippen LogP contribution in [0.1, 0.15) is 29.5 Å². The summed E-state index contributed by atoms with van der Waals surface area (Å²) in [5, 5.41) is 3.59. The van der Waals surface area contributed by atoms with Gasteiger partial charge in [-0.25, -0.2) is 4.79 Å². The zero-order valence-electron chi connectivity index (χ0n) is 12.6. The summed E-state index contributed by atoms with van der Waals surface area (Å²) in [5.41, 5.74) is 3.95. The van der Waals surface area contributed by atoms with E-state index in [0.29, 0.717) is 6.04 Å². The van der Waals surface area contributed by atoms with Gasteiger partial charge in [0.1, 0.15) is 0 Å². The molecule has 1 aliphatic heterocycles. The second-order valence-corrected chi connectivity index (χ2v) is 5.61. The number of piperidine rings is 1. The standard InChI is InChI=1S/C16H24N2O2/c1-12-8-13(2)10-14(9-12)11-17-15-4-6-18(7-5-15)16(19)20-3/h8-10,15,17H,4-7,11H2,1-3H3. The van der Waals surface area contributed by atoms with E-state index in [1.807, 2.05) is 0 Å². The number of benzene rings is 1. The fraction of sp³-hybridized carbons (Fsp3) is 0.562. The Hall–Kier alpha value is -1.55. The van der Waals surface area contributed by atoms with Crippen LogP contribution in [0, 0.1) is 13.8 Å². The second kappa shape index (κ2) is 6.75. The minimum absolute atomic E-state index is 0.210. The summed E-state index contributed by atoms with van der Waals surface area (Å²) in [7, 11) is 1.44. The lowest BCUT2D eigenvalue weighted by atomic mass is 10.0. The molecule has 1 heterocycles. The molecule has 0 unspecified atom stereocenters. The van der Waals surface area contributed by atoms with Crippen molar-refractivity contribution in [3.05, 3.63) is 34.9 Å². The summed E-state index contributed by atoms with van der Waals surface area (Å²) in [6, 6.07) is 7.13. The van der Waals surface area contributed by atoms with E-state index in [2.05, 4.69) is 37.4 Å². The average molecular weight is 276 g/mol. The smallest absolute Gasteiger partial charge is 0.409 e. The Morgan fingerprint density at radius 2 is 1.85 bits per heavy atom. The Kier molecular flexibility index (Phi) is 5.01. The van der Waals surface area contributed by atoms with E-state index >= 15 is 0 Å². The van der Waals surface area contributed by atoms with Crippen LogP contribution in [0.3, 0.4) is 0 Å². The van der Waals surface area contributed by atoms with Crippen LogP contribution in [0.25, 0.3) is 0 Å². The Bertz CT molecular complexity index is 445. The maximum atomic E-state index is 11.4. The zero-order chi connectivity index (χ0) is 14.5. The minimum atomic E-state index is -0.210.